The van der Waals surface area contributed by atoms with Gasteiger partial charge in [0.2, 0.25) is 11.6 Å². The van der Waals surface area contributed by atoms with E-state index in [1.807, 2.05) is 6.92 Å². The zero-order valence-corrected chi connectivity index (χ0v) is 10.1. The van der Waals surface area contributed by atoms with Crippen molar-refractivity contribution in [3.05, 3.63) is 17.3 Å². The summed E-state index contributed by atoms with van der Waals surface area (Å²) in [7, 11) is 0. The lowest BCUT2D eigenvalue weighted by Crippen LogP contribution is -2.16. The van der Waals surface area contributed by atoms with Crippen molar-refractivity contribution >= 4 is 0 Å². The highest BCUT2D eigenvalue weighted by atomic mass is 19.3. The summed E-state index contributed by atoms with van der Waals surface area (Å²) in [6, 6.07) is 0. The van der Waals surface area contributed by atoms with Crippen LogP contribution in [0.1, 0.15) is 38.2 Å². The molecule has 17 heavy (non-hydrogen) atoms. The Morgan fingerprint density at radius 2 is 1.94 bits per heavy atom. The smallest absolute Gasteiger partial charge is 0.303 e. The van der Waals surface area contributed by atoms with E-state index in [4.69, 9.17) is 4.74 Å². The van der Waals surface area contributed by atoms with Gasteiger partial charge in [-0.25, -0.2) is 4.98 Å². The summed E-state index contributed by atoms with van der Waals surface area (Å²) in [6.07, 6.45) is 1.57. The van der Waals surface area contributed by atoms with E-state index in [2.05, 4.69) is 9.97 Å². The molecule has 0 spiro atoms. The molecule has 6 heteroatoms. The molecule has 0 fully saturated rings. The molecule has 1 aromatic heterocycles. The molecular weight excluding hydrogens is 233 g/mol. The predicted octanol–water partition coefficient (Wildman–Crippen LogP) is 3.21. The molecule has 0 aromatic carbocycles. The second-order valence-corrected chi connectivity index (χ2v) is 3.84. The van der Waals surface area contributed by atoms with Gasteiger partial charge in [0.05, 0.1) is 12.3 Å². The Kier molecular flexibility index (Phi) is 4.31. The second-order valence-electron chi connectivity index (χ2n) is 3.84. The summed E-state index contributed by atoms with van der Waals surface area (Å²) >= 11 is 0. The minimum absolute atomic E-state index is 0.136. The van der Waals surface area contributed by atoms with Crippen molar-refractivity contribution in [2.45, 2.75) is 39.5 Å². The van der Waals surface area contributed by atoms with Crippen LogP contribution in [0.2, 0.25) is 0 Å². The molecule has 0 N–H and O–H groups in total. The Bertz CT molecular complexity index is 391. The van der Waals surface area contributed by atoms with Gasteiger partial charge in [0.25, 0.3) is 5.88 Å². The number of rotatable bonds is 5. The number of aryl methyl sites for hydroxylation is 1. The van der Waals surface area contributed by atoms with E-state index in [0.29, 0.717) is 13.3 Å². The summed E-state index contributed by atoms with van der Waals surface area (Å²) in [5, 5.41) is 0. The minimum atomic E-state index is -3.21. The van der Waals surface area contributed by atoms with Gasteiger partial charge in [-0.2, -0.15) is 18.2 Å². The first-order valence-corrected chi connectivity index (χ1v) is 5.41. The molecule has 0 radical (unpaired) electrons. The highest BCUT2D eigenvalue weighted by molar-refractivity contribution is 5.20. The van der Waals surface area contributed by atoms with E-state index >= 15 is 0 Å². The van der Waals surface area contributed by atoms with Crippen molar-refractivity contribution in [3.63, 3.8) is 0 Å². The van der Waals surface area contributed by atoms with Gasteiger partial charge in [0.1, 0.15) is 0 Å². The topological polar surface area (TPSA) is 35.0 Å². The fourth-order valence-corrected chi connectivity index (χ4v) is 1.14. The zero-order chi connectivity index (χ0) is 13.1. The number of hydrogen-bond donors (Lipinski definition) is 0. The molecule has 96 valence electrons. The molecule has 1 rings (SSSR count). The summed E-state index contributed by atoms with van der Waals surface area (Å²) < 4.78 is 44.6. The highest BCUT2D eigenvalue weighted by Crippen LogP contribution is 2.27. The fourth-order valence-electron chi connectivity index (χ4n) is 1.14. The number of halogens is 3. The van der Waals surface area contributed by atoms with Gasteiger partial charge in [-0.15, -0.1) is 0 Å². The predicted molar refractivity (Wildman–Crippen MR) is 56.7 cm³/mol. The number of aromatic nitrogens is 2. The van der Waals surface area contributed by atoms with Gasteiger partial charge in [-0.3, -0.25) is 0 Å². The minimum Gasteiger partial charge on any atom is -0.476 e. The first-order chi connectivity index (χ1) is 7.86. The second kappa shape index (κ2) is 5.33. The normalized spacial score (nSPS) is 11.6. The number of ether oxygens (including phenoxy) is 1. The van der Waals surface area contributed by atoms with Crippen LogP contribution in [0.25, 0.3) is 0 Å². The van der Waals surface area contributed by atoms with Crippen molar-refractivity contribution in [1.82, 2.24) is 9.97 Å². The van der Waals surface area contributed by atoms with Crippen molar-refractivity contribution in [1.29, 1.82) is 0 Å². The van der Waals surface area contributed by atoms with E-state index in [1.165, 1.54) is 6.92 Å². The van der Waals surface area contributed by atoms with Crippen molar-refractivity contribution in [3.8, 4) is 5.88 Å². The molecule has 0 aliphatic rings. The van der Waals surface area contributed by atoms with Gasteiger partial charge in [-0.1, -0.05) is 13.3 Å². The molecule has 0 aliphatic carbocycles. The van der Waals surface area contributed by atoms with E-state index in [0.717, 1.165) is 6.42 Å². The molecule has 1 aromatic rings. The maximum absolute atomic E-state index is 13.5. The Hall–Kier alpha value is -1.33. The van der Waals surface area contributed by atoms with E-state index in [-0.39, 0.29) is 12.3 Å². The highest BCUT2D eigenvalue weighted by Gasteiger charge is 2.30. The van der Waals surface area contributed by atoms with E-state index < -0.39 is 23.4 Å². The van der Waals surface area contributed by atoms with Crippen LogP contribution in [-0.4, -0.2) is 16.6 Å². The first kappa shape index (κ1) is 13.7. The monoisotopic (exact) mass is 248 g/mol. The van der Waals surface area contributed by atoms with Gasteiger partial charge in [0, 0.05) is 6.92 Å². The lowest BCUT2D eigenvalue weighted by atomic mass is 10.3. The van der Waals surface area contributed by atoms with Gasteiger partial charge in [0.15, 0.2) is 0 Å². The third-order valence-electron chi connectivity index (χ3n) is 2.12. The Labute approximate surface area is 98.0 Å². The Balaban J connectivity index is 2.99. The van der Waals surface area contributed by atoms with E-state index in [1.54, 1.807) is 0 Å². The third-order valence-corrected chi connectivity index (χ3v) is 2.12. The van der Waals surface area contributed by atoms with E-state index in [9.17, 15) is 13.2 Å². The molecule has 0 saturated carbocycles. The molecule has 0 aliphatic heterocycles. The van der Waals surface area contributed by atoms with Gasteiger partial charge < -0.3 is 4.74 Å². The van der Waals surface area contributed by atoms with Crippen LogP contribution in [0.15, 0.2) is 0 Å². The lowest BCUT2D eigenvalue weighted by Gasteiger charge is -2.12. The molecular formula is C11H15F3N2O. The molecule has 3 nitrogen and oxygen atoms in total. The Morgan fingerprint density at radius 1 is 1.29 bits per heavy atom. The van der Waals surface area contributed by atoms with Crippen LogP contribution in [-0.2, 0) is 5.92 Å². The van der Waals surface area contributed by atoms with Crippen molar-refractivity contribution in [2.24, 2.45) is 0 Å². The van der Waals surface area contributed by atoms with Crippen LogP contribution < -0.4 is 4.74 Å². The molecule has 1 heterocycles. The zero-order valence-electron chi connectivity index (χ0n) is 10.1. The third kappa shape index (κ3) is 3.57. The summed E-state index contributed by atoms with van der Waals surface area (Å²) in [6.45, 7) is 4.16. The maximum Gasteiger partial charge on any atom is 0.303 e. The quantitative estimate of drug-likeness (QED) is 0.750. The standard InChI is InChI=1S/C11H15F3N2O/c1-4-5-6-17-9-8(12)7(2)15-10(16-9)11(3,13)14/h4-6H2,1-3H3. The van der Waals surface area contributed by atoms with Crippen LogP contribution in [0.3, 0.4) is 0 Å². The van der Waals surface area contributed by atoms with Gasteiger partial charge in [-0.05, 0) is 13.3 Å². The van der Waals surface area contributed by atoms with Crippen LogP contribution in [0.4, 0.5) is 13.2 Å². The number of unbranched alkanes of at least 4 members (excludes halogenated alkanes) is 1. The lowest BCUT2D eigenvalue weighted by molar-refractivity contribution is 0.00643. The average molecular weight is 248 g/mol. The molecule has 0 bridgehead atoms. The maximum atomic E-state index is 13.5. The first-order valence-electron chi connectivity index (χ1n) is 5.41. The summed E-state index contributed by atoms with van der Waals surface area (Å²) in [4.78, 5) is 6.83. The molecule has 0 saturated heterocycles. The summed E-state index contributed by atoms with van der Waals surface area (Å²) in [5.74, 6) is -5.11. The SMILES string of the molecule is CCCCOc1nc(C(C)(F)F)nc(C)c1F. The number of nitrogens with zero attached hydrogens (tertiary/aromatic N) is 2. The molecule has 0 atom stereocenters. The average Bonchev–Trinajstić information content (AvgIpc) is 2.22. The van der Waals surface area contributed by atoms with Gasteiger partial charge >= 0.3 is 5.92 Å². The van der Waals surface area contributed by atoms with Crippen LogP contribution in [0, 0.1) is 12.7 Å². The van der Waals surface area contributed by atoms with Crippen molar-refractivity contribution in [2.75, 3.05) is 6.61 Å². The number of alkyl halides is 2. The summed E-state index contributed by atoms with van der Waals surface area (Å²) in [5.41, 5.74) is -0.136. The van der Waals surface area contributed by atoms with Crippen molar-refractivity contribution < 1.29 is 17.9 Å². The van der Waals surface area contributed by atoms with Crippen LogP contribution >= 0.6 is 0 Å². The molecule has 0 amide bonds. The largest absolute Gasteiger partial charge is 0.476 e. The van der Waals surface area contributed by atoms with Crippen LogP contribution in [0.5, 0.6) is 5.88 Å². The fraction of sp³-hybridized carbons (Fsp3) is 0.636. The molecule has 0 unspecified atom stereocenters. The Morgan fingerprint density at radius 3 is 2.47 bits per heavy atom. The number of hydrogen-bond acceptors (Lipinski definition) is 3.